The maximum absolute atomic E-state index is 9.14. The summed E-state index contributed by atoms with van der Waals surface area (Å²) in [6, 6.07) is 0. The van der Waals surface area contributed by atoms with E-state index in [1.165, 1.54) is 12.1 Å². The summed E-state index contributed by atoms with van der Waals surface area (Å²) >= 11 is 3.91. The molecule has 1 N–H and O–H groups in total. The van der Waals surface area contributed by atoms with Gasteiger partial charge in [-0.3, -0.25) is 0 Å². The van der Waals surface area contributed by atoms with E-state index >= 15 is 0 Å². The van der Waals surface area contributed by atoms with Crippen LogP contribution in [-0.4, -0.2) is 15.7 Å². The van der Waals surface area contributed by atoms with Gasteiger partial charge in [0.1, 0.15) is 0 Å². The molecule has 0 aromatic rings. The monoisotopic (exact) mass is 253 g/mol. The van der Waals surface area contributed by atoms with Gasteiger partial charge in [-0.15, -0.1) is 0 Å². The molecule has 14 heavy (non-hydrogen) atoms. The van der Waals surface area contributed by atoms with Gasteiger partial charge in [0.25, 0.3) is 0 Å². The summed E-state index contributed by atoms with van der Waals surface area (Å²) in [7, 11) is 0. The summed E-state index contributed by atoms with van der Waals surface area (Å²) in [4.78, 5) is 0.752. The molecule has 2 nitrogen and oxygen atoms in total. The Morgan fingerprint density at radius 1 is 1.07 bits per heavy atom. The molecule has 0 aromatic carbocycles. The normalized spacial score (nSPS) is 77.8. The van der Waals surface area contributed by atoms with Crippen LogP contribution >= 0.6 is 15.9 Å². The Hall–Kier alpha value is -0.0500. The first-order chi connectivity index (χ1) is 6.84. The first-order valence-corrected chi connectivity index (χ1v) is 6.62. The topological polar surface area (TPSA) is 32.6 Å². The minimum Gasteiger partial charge on any atom is -0.411 e. The van der Waals surface area contributed by atoms with Crippen molar-refractivity contribution in [2.75, 3.05) is 0 Å². The standard InChI is InChI=1S/C11H12BrNO/c12-10-6-2-1-3-4(6)9-8(10)5(2)7(3)11(9)13-14/h2-10,14H,1H2/b13-11-/t2-,3+,4-,5+,6-,7-,8-,9+,10+/m0/s1. The van der Waals surface area contributed by atoms with Crippen LogP contribution in [0.5, 0.6) is 0 Å². The Morgan fingerprint density at radius 2 is 1.86 bits per heavy atom. The van der Waals surface area contributed by atoms with Crippen molar-refractivity contribution in [2.24, 2.45) is 52.5 Å². The molecular formula is C11H12BrNO. The van der Waals surface area contributed by atoms with E-state index in [0.29, 0.717) is 11.8 Å². The maximum Gasteiger partial charge on any atom is 0.0644 e. The summed E-state index contributed by atoms with van der Waals surface area (Å²) in [5.74, 6) is 6.84. The summed E-state index contributed by atoms with van der Waals surface area (Å²) in [5, 5.41) is 12.8. The Bertz CT molecular complexity index is 379. The summed E-state index contributed by atoms with van der Waals surface area (Å²) in [6.45, 7) is 0. The average Bonchev–Trinajstić information content (AvgIpc) is 2.85. The average molecular weight is 254 g/mol. The van der Waals surface area contributed by atoms with Gasteiger partial charge >= 0.3 is 0 Å². The lowest BCUT2D eigenvalue weighted by atomic mass is 9.71. The molecule has 3 heteroatoms. The zero-order chi connectivity index (χ0) is 9.19. The van der Waals surface area contributed by atoms with Crippen LogP contribution in [0.25, 0.3) is 0 Å². The van der Waals surface area contributed by atoms with Crippen LogP contribution in [-0.2, 0) is 0 Å². The molecule has 0 heterocycles. The minimum atomic E-state index is 0.674. The van der Waals surface area contributed by atoms with E-state index in [0.717, 1.165) is 40.3 Å². The molecule has 0 amide bonds. The predicted molar refractivity (Wildman–Crippen MR) is 54.5 cm³/mol. The molecule has 0 saturated heterocycles. The molecule has 6 rings (SSSR count). The van der Waals surface area contributed by atoms with Crippen LogP contribution in [0.2, 0.25) is 0 Å². The van der Waals surface area contributed by atoms with E-state index in [1.54, 1.807) is 0 Å². The number of halogens is 1. The van der Waals surface area contributed by atoms with Crippen molar-refractivity contribution < 1.29 is 5.21 Å². The van der Waals surface area contributed by atoms with Crippen LogP contribution in [0.3, 0.4) is 0 Å². The van der Waals surface area contributed by atoms with Gasteiger partial charge in [-0.05, 0) is 41.9 Å². The fraction of sp³-hybridized carbons (Fsp3) is 0.909. The number of oxime groups is 1. The molecular weight excluding hydrogens is 242 g/mol. The Kier molecular flexibility index (Phi) is 0.940. The molecule has 0 unspecified atom stereocenters. The molecule has 9 atom stereocenters. The number of alkyl halides is 1. The second-order valence-electron chi connectivity index (χ2n) is 5.89. The third kappa shape index (κ3) is 0.427. The highest BCUT2D eigenvalue weighted by Crippen LogP contribution is 2.82. The fourth-order valence-electron chi connectivity index (χ4n) is 6.36. The van der Waals surface area contributed by atoms with Crippen molar-refractivity contribution in [3.8, 4) is 0 Å². The second-order valence-corrected chi connectivity index (χ2v) is 6.95. The zero-order valence-electron chi connectivity index (χ0n) is 7.68. The summed E-state index contributed by atoms with van der Waals surface area (Å²) < 4.78 is 0. The number of hydrogen-bond acceptors (Lipinski definition) is 2. The lowest BCUT2D eigenvalue weighted by molar-refractivity contribution is 0.132. The van der Waals surface area contributed by atoms with Gasteiger partial charge in [-0.25, -0.2) is 0 Å². The van der Waals surface area contributed by atoms with Crippen molar-refractivity contribution in [3.05, 3.63) is 0 Å². The quantitative estimate of drug-likeness (QED) is 0.400. The third-order valence-electron chi connectivity index (χ3n) is 6.16. The van der Waals surface area contributed by atoms with E-state index in [9.17, 15) is 0 Å². The SMILES string of the molecule is O/N=C1/[C@H]2[C@@H]3C[C@H]4[C@H]2[C@@H]2[C@H](Br)[C@@H]4[C@H]3[C@@H]12. The highest BCUT2D eigenvalue weighted by molar-refractivity contribution is 9.09. The number of rotatable bonds is 0. The third-order valence-corrected chi connectivity index (χ3v) is 7.38. The lowest BCUT2D eigenvalue weighted by Crippen LogP contribution is -2.30. The molecule has 0 spiro atoms. The minimum absolute atomic E-state index is 0.674. The van der Waals surface area contributed by atoms with Crippen molar-refractivity contribution in [1.82, 2.24) is 0 Å². The van der Waals surface area contributed by atoms with Crippen molar-refractivity contribution in [3.63, 3.8) is 0 Å². The van der Waals surface area contributed by atoms with Gasteiger partial charge in [0.15, 0.2) is 0 Å². The van der Waals surface area contributed by atoms with Crippen molar-refractivity contribution >= 4 is 21.6 Å². The Balaban J connectivity index is 1.85. The molecule has 6 aliphatic carbocycles. The molecule has 6 fully saturated rings. The summed E-state index contributed by atoms with van der Waals surface area (Å²) in [6.07, 6.45) is 1.44. The van der Waals surface area contributed by atoms with E-state index < -0.39 is 0 Å². The van der Waals surface area contributed by atoms with Crippen LogP contribution in [0, 0.1) is 47.3 Å². The first-order valence-electron chi connectivity index (χ1n) is 5.70. The Morgan fingerprint density at radius 3 is 2.57 bits per heavy atom. The van der Waals surface area contributed by atoms with Crippen LogP contribution in [0.1, 0.15) is 6.42 Å². The Labute approximate surface area is 90.9 Å². The van der Waals surface area contributed by atoms with Gasteiger partial charge in [0, 0.05) is 16.7 Å². The van der Waals surface area contributed by atoms with E-state index in [1.807, 2.05) is 0 Å². The largest absolute Gasteiger partial charge is 0.411 e. The van der Waals surface area contributed by atoms with Gasteiger partial charge in [0.05, 0.1) is 5.71 Å². The van der Waals surface area contributed by atoms with Crippen LogP contribution < -0.4 is 0 Å². The molecule has 0 aromatic heterocycles. The molecule has 6 saturated carbocycles. The maximum atomic E-state index is 9.14. The number of hydrogen-bond donors (Lipinski definition) is 1. The highest BCUT2D eigenvalue weighted by Gasteiger charge is 2.82. The van der Waals surface area contributed by atoms with Crippen LogP contribution in [0.15, 0.2) is 5.16 Å². The van der Waals surface area contributed by atoms with Gasteiger partial charge in [-0.1, -0.05) is 21.1 Å². The lowest BCUT2D eigenvalue weighted by Gasteiger charge is -2.32. The molecule has 6 bridgehead atoms. The second kappa shape index (κ2) is 1.81. The van der Waals surface area contributed by atoms with Gasteiger partial charge in [-0.2, -0.15) is 0 Å². The van der Waals surface area contributed by atoms with Crippen LogP contribution in [0.4, 0.5) is 0 Å². The first kappa shape index (κ1) is 7.26. The summed E-state index contributed by atoms with van der Waals surface area (Å²) in [5.41, 5.74) is 1.20. The van der Waals surface area contributed by atoms with E-state index in [2.05, 4.69) is 21.1 Å². The van der Waals surface area contributed by atoms with Crippen molar-refractivity contribution in [2.45, 2.75) is 11.2 Å². The van der Waals surface area contributed by atoms with E-state index in [4.69, 9.17) is 5.21 Å². The van der Waals surface area contributed by atoms with Gasteiger partial charge in [0.2, 0.25) is 0 Å². The highest BCUT2D eigenvalue weighted by atomic mass is 79.9. The zero-order valence-corrected chi connectivity index (χ0v) is 9.26. The fourth-order valence-corrected chi connectivity index (χ4v) is 7.79. The molecule has 0 radical (unpaired) electrons. The van der Waals surface area contributed by atoms with E-state index in [-0.39, 0.29) is 0 Å². The van der Waals surface area contributed by atoms with Gasteiger partial charge < -0.3 is 5.21 Å². The molecule has 74 valence electrons. The number of nitrogens with zero attached hydrogens (tertiary/aromatic N) is 1. The molecule has 0 aliphatic heterocycles. The molecule has 6 aliphatic rings. The smallest absolute Gasteiger partial charge is 0.0644 e. The van der Waals surface area contributed by atoms with Crippen molar-refractivity contribution in [1.29, 1.82) is 0 Å². The predicted octanol–water partition coefficient (Wildman–Crippen LogP) is 1.97.